The molecule has 0 saturated heterocycles. The summed E-state index contributed by atoms with van der Waals surface area (Å²) >= 11 is 5.83. The van der Waals surface area contributed by atoms with Crippen LogP contribution in [0.4, 0.5) is 5.95 Å². The summed E-state index contributed by atoms with van der Waals surface area (Å²) in [7, 11) is 1.93. The molecule has 0 unspecified atom stereocenters. The quantitative estimate of drug-likeness (QED) is 0.563. The van der Waals surface area contributed by atoms with Crippen molar-refractivity contribution >= 4 is 35.0 Å². The van der Waals surface area contributed by atoms with E-state index in [-0.39, 0.29) is 11.7 Å². The summed E-state index contributed by atoms with van der Waals surface area (Å²) in [6.45, 7) is 3.28. The minimum absolute atomic E-state index is 0.145. The van der Waals surface area contributed by atoms with Gasteiger partial charge in [-0.15, -0.1) is 0 Å². The topological polar surface area (TPSA) is 95.6 Å². The summed E-state index contributed by atoms with van der Waals surface area (Å²) in [5.41, 5.74) is 1.06. The first-order valence-electron chi connectivity index (χ1n) is 5.41. The Bertz CT molecular complexity index is 498. The summed E-state index contributed by atoms with van der Waals surface area (Å²) in [6, 6.07) is 0. The van der Waals surface area contributed by atoms with E-state index in [1.54, 1.807) is 0 Å². The van der Waals surface area contributed by atoms with Crippen molar-refractivity contribution in [1.82, 2.24) is 25.3 Å². The van der Waals surface area contributed by atoms with E-state index in [1.807, 2.05) is 7.05 Å². The summed E-state index contributed by atoms with van der Waals surface area (Å²) < 4.78 is 0. The normalized spacial score (nSPS) is 9.72. The van der Waals surface area contributed by atoms with E-state index in [2.05, 4.69) is 37.5 Å². The Morgan fingerprint density at radius 1 is 1.50 bits per heavy atom. The van der Waals surface area contributed by atoms with E-state index >= 15 is 0 Å². The number of H-pyrrole nitrogens is 1. The average molecular weight is 271 g/mol. The molecule has 0 saturated carbocycles. The number of nitrogens with one attached hydrogen (secondary N) is 3. The highest BCUT2D eigenvalue weighted by Gasteiger charge is 2.06. The van der Waals surface area contributed by atoms with Gasteiger partial charge in [-0.3, -0.25) is 0 Å². The molecule has 0 aromatic carbocycles. The van der Waals surface area contributed by atoms with Gasteiger partial charge in [0.1, 0.15) is 11.8 Å². The number of hydrogen-bond acceptors (Lipinski definition) is 6. The molecule has 0 amide bonds. The van der Waals surface area contributed by atoms with Gasteiger partial charge in [0.2, 0.25) is 5.95 Å². The van der Waals surface area contributed by atoms with Crippen LogP contribution in [-0.2, 0) is 4.79 Å². The second kappa shape index (κ2) is 7.57. The number of aldehydes is 1. The Hall–Kier alpha value is -1.73. The molecule has 0 bridgehead atoms. The molecule has 0 fully saturated rings. The molecule has 2 aromatic heterocycles. The maximum Gasteiger partial charge on any atom is 0.226 e. The third-order valence-corrected chi connectivity index (χ3v) is 2.21. The predicted octanol–water partition coefficient (Wildman–Crippen LogP) is 0.843. The van der Waals surface area contributed by atoms with E-state index in [4.69, 9.17) is 11.6 Å². The van der Waals surface area contributed by atoms with Crippen molar-refractivity contribution in [3.63, 3.8) is 0 Å². The molecule has 0 aliphatic rings. The van der Waals surface area contributed by atoms with Crippen molar-refractivity contribution in [2.75, 3.05) is 25.5 Å². The molecule has 0 atom stereocenters. The predicted molar refractivity (Wildman–Crippen MR) is 70.8 cm³/mol. The lowest BCUT2D eigenvalue weighted by Crippen LogP contribution is -2.06. The third kappa shape index (κ3) is 3.94. The Labute approximate surface area is 109 Å². The van der Waals surface area contributed by atoms with Gasteiger partial charge < -0.3 is 20.4 Å². The Kier molecular flexibility index (Phi) is 6.03. The molecule has 98 valence electrons. The lowest BCUT2D eigenvalue weighted by molar-refractivity contribution is -0.106. The number of imidazole rings is 1. The largest absolute Gasteiger partial charge is 0.347 e. The zero-order valence-electron chi connectivity index (χ0n) is 10.2. The molecule has 0 spiro atoms. The highest BCUT2D eigenvalue weighted by molar-refractivity contribution is 6.33. The number of aromatic amines is 1. The number of fused-ring (bicyclic) bond motifs is 1. The first-order chi connectivity index (χ1) is 8.72. The van der Waals surface area contributed by atoms with Crippen molar-refractivity contribution in [2.45, 2.75) is 6.92 Å². The number of aromatic nitrogens is 4. The summed E-state index contributed by atoms with van der Waals surface area (Å²) in [6.07, 6.45) is 2.20. The highest BCUT2D eigenvalue weighted by atomic mass is 35.5. The number of carbonyl (C=O) groups is 1. The molecule has 7 nitrogen and oxygen atoms in total. The maximum absolute atomic E-state index is 10.1. The zero-order chi connectivity index (χ0) is 13.4. The van der Waals surface area contributed by atoms with E-state index in [0.717, 1.165) is 6.54 Å². The van der Waals surface area contributed by atoms with Crippen LogP contribution in [0, 0.1) is 0 Å². The number of nitrogens with zero attached hydrogens (tertiary/aromatic N) is 3. The SMILES string of the molecule is CCNC.O=CCNc1nc(Cl)c2[nH]cnc2n1. The lowest BCUT2D eigenvalue weighted by atomic mass is 10.5. The first kappa shape index (κ1) is 14.3. The Balaban J connectivity index is 0.000000357. The van der Waals surface area contributed by atoms with Gasteiger partial charge in [0.15, 0.2) is 10.8 Å². The van der Waals surface area contributed by atoms with Gasteiger partial charge >= 0.3 is 0 Å². The lowest BCUT2D eigenvalue weighted by Gasteiger charge is -2.00. The fourth-order valence-corrected chi connectivity index (χ4v) is 1.23. The second-order valence-corrected chi connectivity index (χ2v) is 3.55. The fourth-order valence-electron chi connectivity index (χ4n) is 1.01. The van der Waals surface area contributed by atoms with Gasteiger partial charge in [0.25, 0.3) is 0 Å². The maximum atomic E-state index is 10.1. The number of carbonyl (C=O) groups excluding carboxylic acids is 1. The molecule has 3 N–H and O–H groups in total. The zero-order valence-corrected chi connectivity index (χ0v) is 11.0. The summed E-state index contributed by atoms with van der Waals surface area (Å²) in [5.74, 6) is 0.293. The molecule has 0 aliphatic heterocycles. The van der Waals surface area contributed by atoms with Gasteiger partial charge in [-0.1, -0.05) is 18.5 Å². The van der Waals surface area contributed by atoms with Gasteiger partial charge in [-0.2, -0.15) is 9.97 Å². The molecule has 2 heterocycles. The second-order valence-electron chi connectivity index (χ2n) is 3.19. The molecular formula is C10H15ClN6O. The molecule has 2 rings (SSSR count). The van der Waals surface area contributed by atoms with Crippen LogP contribution in [0.15, 0.2) is 6.33 Å². The van der Waals surface area contributed by atoms with Crippen molar-refractivity contribution in [1.29, 1.82) is 0 Å². The summed E-state index contributed by atoms with van der Waals surface area (Å²) in [4.78, 5) is 24.8. The van der Waals surface area contributed by atoms with E-state index in [9.17, 15) is 4.79 Å². The van der Waals surface area contributed by atoms with Gasteiger partial charge in [0, 0.05) is 0 Å². The Morgan fingerprint density at radius 2 is 2.22 bits per heavy atom. The highest BCUT2D eigenvalue weighted by Crippen LogP contribution is 2.17. The van der Waals surface area contributed by atoms with Crippen molar-refractivity contribution in [2.24, 2.45) is 0 Å². The van der Waals surface area contributed by atoms with Gasteiger partial charge in [-0.25, -0.2) is 4.98 Å². The van der Waals surface area contributed by atoms with E-state index in [0.29, 0.717) is 23.4 Å². The van der Waals surface area contributed by atoms with E-state index < -0.39 is 0 Å². The van der Waals surface area contributed by atoms with Crippen LogP contribution in [0.5, 0.6) is 0 Å². The van der Waals surface area contributed by atoms with Crippen LogP contribution in [0.3, 0.4) is 0 Å². The molecule has 0 radical (unpaired) electrons. The molecule has 18 heavy (non-hydrogen) atoms. The number of hydrogen-bond donors (Lipinski definition) is 3. The molecule has 2 aromatic rings. The van der Waals surface area contributed by atoms with E-state index in [1.165, 1.54) is 6.33 Å². The van der Waals surface area contributed by atoms with Gasteiger partial charge in [-0.05, 0) is 13.6 Å². The molecular weight excluding hydrogens is 256 g/mol. The number of halogens is 1. The number of anilines is 1. The van der Waals surface area contributed by atoms with Crippen LogP contribution in [-0.4, -0.2) is 46.4 Å². The smallest absolute Gasteiger partial charge is 0.226 e. The van der Waals surface area contributed by atoms with Crippen LogP contribution < -0.4 is 10.6 Å². The number of rotatable bonds is 4. The van der Waals surface area contributed by atoms with Crippen LogP contribution in [0.25, 0.3) is 11.2 Å². The standard InChI is InChI=1S/C7H6ClN5O.C3H9N/c8-5-4-6(11-3-10-4)13-7(12-5)9-1-2-14;1-3-4-2/h2-3H,1H2,(H2,9,10,11,12,13);4H,3H2,1-2H3. The molecule has 0 aliphatic carbocycles. The fraction of sp³-hybridized carbons (Fsp3) is 0.400. The third-order valence-electron chi connectivity index (χ3n) is 1.94. The first-order valence-corrected chi connectivity index (χ1v) is 5.79. The monoisotopic (exact) mass is 270 g/mol. The van der Waals surface area contributed by atoms with Gasteiger partial charge in [0.05, 0.1) is 12.9 Å². The van der Waals surface area contributed by atoms with Crippen LogP contribution in [0.1, 0.15) is 6.92 Å². The molecule has 8 heteroatoms. The summed E-state index contributed by atoms with van der Waals surface area (Å²) in [5, 5.41) is 5.90. The van der Waals surface area contributed by atoms with Crippen LogP contribution >= 0.6 is 11.6 Å². The minimum atomic E-state index is 0.145. The van der Waals surface area contributed by atoms with Crippen molar-refractivity contribution in [3.05, 3.63) is 11.5 Å². The minimum Gasteiger partial charge on any atom is -0.347 e. The van der Waals surface area contributed by atoms with Crippen molar-refractivity contribution < 1.29 is 4.79 Å². The van der Waals surface area contributed by atoms with Crippen molar-refractivity contribution in [3.8, 4) is 0 Å². The Morgan fingerprint density at radius 3 is 2.83 bits per heavy atom. The van der Waals surface area contributed by atoms with Crippen LogP contribution in [0.2, 0.25) is 5.15 Å². The average Bonchev–Trinajstić information content (AvgIpc) is 2.85.